The summed E-state index contributed by atoms with van der Waals surface area (Å²) in [6.45, 7) is 4.97. The molecule has 1 aliphatic carbocycles. The molecule has 1 heterocycles. The van der Waals surface area contributed by atoms with Gasteiger partial charge in [0, 0.05) is 12.6 Å². The van der Waals surface area contributed by atoms with Crippen LogP contribution in [0.25, 0.3) is 0 Å². The van der Waals surface area contributed by atoms with Gasteiger partial charge in [0.2, 0.25) is 0 Å². The molecule has 5 heteroatoms. The van der Waals surface area contributed by atoms with Crippen LogP contribution >= 0.6 is 0 Å². The fourth-order valence-corrected chi connectivity index (χ4v) is 3.64. The molecule has 1 saturated heterocycles. The maximum atomic E-state index is 12.5. The van der Waals surface area contributed by atoms with Crippen LogP contribution in [0.4, 0.5) is 4.79 Å². The lowest BCUT2D eigenvalue weighted by atomic mass is 9.78. The minimum atomic E-state index is -0.878. The van der Waals surface area contributed by atoms with Gasteiger partial charge in [-0.05, 0) is 31.1 Å². The van der Waals surface area contributed by atoms with E-state index in [2.05, 4.69) is 19.2 Å². The quantitative estimate of drug-likeness (QED) is 0.823. The number of carboxylic acids is 1. The van der Waals surface area contributed by atoms with Gasteiger partial charge in [-0.3, -0.25) is 0 Å². The first kappa shape index (κ1) is 16.1. The number of nitrogens with zero attached hydrogens (tertiary/aromatic N) is 1. The number of rotatable bonds is 2. The topological polar surface area (TPSA) is 69.6 Å². The van der Waals surface area contributed by atoms with E-state index >= 15 is 0 Å². The van der Waals surface area contributed by atoms with Crippen molar-refractivity contribution in [3.05, 3.63) is 0 Å². The molecule has 0 spiro atoms. The van der Waals surface area contributed by atoms with E-state index in [-0.39, 0.29) is 12.1 Å². The van der Waals surface area contributed by atoms with Crippen LogP contribution in [0.5, 0.6) is 0 Å². The first-order chi connectivity index (χ1) is 10.0. The Kier molecular flexibility index (Phi) is 5.48. The second-order valence-corrected chi connectivity index (χ2v) is 6.72. The minimum Gasteiger partial charge on any atom is -0.480 e. The Balaban J connectivity index is 2.01. The van der Waals surface area contributed by atoms with Gasteiger partial charge in [0.1, 0.15) is 6.04 Å². The summed E-state index contributed by atoms with van der Waals surface area (Å²) in [5.74, 6) is 0.193. The Labute approximate surface area is 127 Å². The Morgan fingerprint density at radius 2 is 1.81 bits per heavy atom. The highest BCUT2D eigenvalue weighted by molar-refractivity contribution is 5.82. The van der Waals surface area contributed by atoms with Crippen molar-refractivity contribution >= 4 is 12.0 Å². The van der Waals surface area contributed by atoms with Gasteiger partial charge in [0.15, 0.2) is 0 Å². The number of amides is 2. The van der Waals surface area contributed by atoms with Gasteiger partial charge in [-0.1, -0.05) is 39.5 Å². The maximum Gasteiger partial charge on any atom is 0.326 e. The van der Waals surface area contributed by atoms with Crippen LogP contribution in [0.2, 0.25) is 0 Å². The highest BCUT2D eigenvalue weighted by Crippen LogP contribution is 2.29. The SMILES string of the molecule is CC1CCCC(NC(=O)N2CCCCCC2C(=O)O)C1C. The largest absolute Gasteiger partial charge is 0.480 e. The smallest absolute Gasteiger partial charge is 0.326 e. The first-order valence-electron chi connectivity index (χ1n) is 8.30. The van der Waals surface area contributed by atoms with Crippen LogP contribution in [-0.4, -0.2) is 40.6 Å². The average molecular weight is 296 g/mol. The molecule has 2 rings (SSSR count). The zero-order chi connectivity index (χ0) is 15.4. The molecule has 0 aromatic carbocycles. The molecule has 0 aromatic heterocycles. The highest BCUT2D eigenvalue weighted by atomic mass is 16.4. The fourth-order valence-electron chi connectivity index (χ4n) is 3.64. The van der Waals surface area contributed by atoms with Crippen molar-refractivity contribution in [2.45, 2.75) is 70.9 Å². The summed E-state index contributed by atoms with van der Waals surface area (Å²) >= 11 is 0. The number of urea groups is 1. The molecular weight excluding hydrogens is 268 g/mol. The molecule has 4 unspecified atom stereocenters. The molecule has 0 radical (unpaired) electrons. The van der Waals surface area contributed by atoms with Crippen LogP contribution in [0.15, 0.2) is 0 Å². The predicted octanol–water partition coefficient (Wildman–Crippen LogP) is 2.85. The number of hydrogen-bond acceptors (Lipinski definition) is 2. The molecule has 1 aliphatic heterocycles. The van der Waals surface area contributed by atoms with E-state index in [1.165, 1.54) is 6.42 Å². The monoisotopic (exact) mass is 296 g/mol. The van der Waals surface area contributed by atoms with Crippen molar-refractivity contribution in [1.29, 1.82) is 0 Å². The molecule has 1 saturated carbocycles. The van der Waals surface area contributed by atoms with Crippen molar-refractivity contribution in [2.75, 3.05) is 6.54 Å². The number of carboxylic acid groups (broad SMARTS) is 1. The predicted molar refractivity (Wildman–Crippen MR) is 81.1 cm³/mol. The van der Waals surface area contributed by atoms with Crippen molar-refractivity contribution in [2.24, 2.45) is 11.8 Å². The van der Waals surface area contributed by atoms with Crippen LogP contribution in [0.3, 0.4) is 0 Å². The average Bonchev–Trinajstić information content (AvgIpc) is 2.69. The summed E-state index contributed by atoms with van der Waals surface area (Å²) in [6.07, 6.45) is 6.71. The molecule has 2 fully saturated rings. The third-order valence-corrected chi connectivity index (χ3v) is 5.31. The van der Waals surface area contributed by atoms with Gasteiger partial charge < -0.3 is 15.3 Å². The summed E-state index contributed by atoms with van der Waals surface area (Å²) in [7, 11) is 0. The van der Waals surface area contributed by atoms with Crippen molar-refractivity contribution in [3.8, 4) is 0 Å². The molecule has 5 nitrogen and oxygen atoms in total. The van der Waals surface area contributed by atoms with E-state index in [1.54, 1.807) is 4.90 Å². The maximum absolute atomic E-state index is 12.5. The summed E-state index contributed by atoms with van der Waals surface area (Å²) in [6, 6.07) is -0.669. The normalized spacial score (nSPS) is 34.1. The van der Waals surface area contributed by atoms with Crippen LogP contribution in [0, 0.1) is 11.8 Å². The summed E-state index contributed by atoms with van der Waals surface area (Å²) in [5, 5.41) is 12.5. The van der Waals surface area contributed by atoms with Gasteiger partial charge >= 0.3 is 12.0 Å². The summed E-state index contributed by atoms with van der Waals surface area (Å²) < 4.78 is 0. The van der Waals surface area contributed by atoms with Crippen LogP contribution in [0.1, 0.15) is 58.8 Å². The Morgan fingerprint density at radius 3 is 2.52 bits per heavy atom. The fraction of sp³-hybridized carbons (Fsp3) is 0.875. The highest BCUT2D eigenvalue weighted by Gasteiger charge is 2.34. The third kappa shape index (κ3) is 3.89. The molecule has 0 bridgehead atoms. The van der Waals surface area contributed by atoms with Crippen LogP contribution in [-0.2, 0) is 4.79 Å². The molecule has 21 heavy (non-hydrogen) atoms. The lowest BCUT2D eigenvalue weighted by molar-refractivity contribution is -0.142. The second kappa shape index (κ2) is 7.14. The third-order valence-electron chi connectivity index (χ3n) is 5.31. The van der Waals surface area contributed by atoms with E-state index in [1.807, 2.05) is 0 Å². The van der Waals surface area contributed by atoms with Crippen molar-refractivity contribution < 1.29 is 14.7 Å². The molecule has 0 aromatic rings. The van der Waals surface area contributed by atoms with Gasteiger partial charge in [0.25, 0.3) is 0 Å². The Morgan fingerprint density at radius 1 is 1.05 bits per heavy atom. The summed E-state index contributed by atoms with van der Waals surface area (Å²) in [5.41, 5.74) is 0. The van der Waals surface area contributed by atoms with Crippen LogP contribution < -0.4 is 5.32 Å². The Hall–Kier alpha value is -1.26. The van der Waals surface area contributed by atoms with Gasteiger partial charge in [-0.15, -0.1) is 0 Å². The number of carbonyl (C=O) groups excluding carboxylic acids is 1. The molecule has 4 atom stereocenters. The van der Waals surface area contributed by atoms with Gasteiger partial charge in [0.05, 0.1) is 0 Å². The molecule has 120 valence electrons. The zero-order valence-corrected chi connectivity index (χ0v) is 13.2. The lowest BCUT2D eigenvalue weighted by Crippen LogP contribution is -2.54. The number of hydrogen-bond donors (Lipinski definition) is 2. The first-order valence-corrected chi connectivity index (χ1v) is 8.30. The number of aliphatic carboxylic acids is 1. The van der Waals surface area contributed by atoms with E-state index in [4.69, 9.17) is 0 Å². The van der Waals surface area contributed by atoms with Gasteiger partial charge in [-0.2, -0.15) is 0 Å². The van der Waals surface area contributed by atoms with E-state index in [0.29, 0.717) is 24.8 Å². The van der Waals surface area contributed by atoms with Crippen molar-refractivity contribution in [3.63, 3.8) is 0 Å². The molecular formula is C16H28N2O3. The number of likely N-dealkylation sites (tertiary alicyclic amines) is 1. The summed E-state index contributed by atoms with van der Waals surface area (Å²) in [4.78, 5) is 25.5. The van der Waals surface area contributed by atoms with Crippen molar-refractivity contribution in [1.82, 2.24) is 10.2 Å². The second-order valence-electron chi connectivity index (χ2n) is 6.72. The number of nitrogens with one attached hydrogen (secondary N) is 1. The molecule has 2 aliphatic rings. The molecule has 2 amide bonds. The Bertz CT molecular complexity index is 386. The number of carbonyl (C=O) groups is 2. The lowest BCUT2D eigenvalue weighted by Gasteiger charge is -2.37. The standard InChI is InChI=1S/C16H28N2O3/c1-11-7-6-8-13(12(11)2)17-16(21)18-10-5-3-4-9-14(18)15(19)20/h11-14H,3-10H2,1-2H3,(H,17,21)(H,19,20). The van der Waals surface area contributed by atoms with E-state index in [0.717, 1.165) is 32.1 Å². The van der Waals surface area contributed by atoms with E-state index < -0.39 is 12.0 Å². The van der Waals surface area contributed by atoms with Gasteiger partial charge in [-0.25, -0.2) is 9.59 Å². The van der Waals surface area contributed by atoms with E-state index in [9.17, 15) is 14.7 Å². The molecule has 2 N–H and O–H groups in total. The zero-order valence-electron chi connectivity index (χ0n) is 13.2. The minimum absolute atomic E-state index is 0.180.